The molecule has 4 nitrogen and oxygen atoms in total. The zero-order valence-electron chi connectivity index (χ0n) is 11.2. The molecule has 2 aromatic carbocycles. The summed E-state index contributed by atoms with van der Waals surface area (Å²) in [6.07, 6.45) is 3.14. The van der Waals surface area contributed by atoms with Gasteiger partial charge < -0.3 is 9.84 Å². The lowest BCUT2D eigenvalue weighted by atomic mass is 10.2. The maximum Gasteiger partial charge on any atom is 0.128 e. The normalized spacial score (nSPS) is 11.2. The molecule has 0 amide bonds. The highest BCUT2D eigenvalue weighted by molar-refractivity contribution is 5.86. The van der Waals surface area contributed by atoms with Crippen LogP contribution in [-0.4, -0.2) is 24.1 Å². The molecule has 2 rings (SSSR count). The van der Waals surface area contributed by atoms with Gasteiger partial charge in [0.1, 0.15) is 11.5 Å². The third kappa shape index (κ3) is 3.68. The second-order valence-electron chi connectivity index (χ2n) is 4.02. The molecular formula is C16H16N2O2. The molecule has 2 aromatic rings. The molecule has 0 aliphatic carbocycles. The van der Waals surface area contributed by atoms with Crippen molar-refractivity contribution in [3.05, 3.63) is 59.7 Å². The van der Waals surface area contributed by atoms with Crippen LogP contribution in [0.4, 0.5) is 0 Å². The number of hydrogen-bond donors (Lipinski definition) is 1. The molecule has 0 fully saturated rings. The van der Waals surface area contributed by atoms with E-state index in [0.29, 0.717) is 12.2 Å². The summed E-state index contributed by atoms with van der Waals surface area (Å²) in [5.74, 6) is 0.956. The van der Waals surface area contributed by atoms with Gasteiger partial charge in [-0.25, -0.2) is 0 Å². The number of phenols is 1. The highest BCUT2D eigenvalue weighted by Crippen LogP contribution is 2.16. The van der Waals surface area contributed by atoms with E-state index in [4.69, 9.17) is 4.74 Å². The lowest BCUT2D eigenvalue weighted by Crippen LogP contribution is -1.95. The number of hydrogen-bond acceptors (Lipinski definition) is 4. The summed E-state index contributed by atoms with van der Waals surface area (Å²) in [6.45, 7) is 2.54. The number of nitrogens with zero attached hydrogens (tertiary/aromatic N) is 2. The summed E-state index contributed by atoms with van der Waals surface area (Å²) in [4.78, 5) is 0. The van der Waals surface area contributed by atoms with Crippen LogP contribution in [0.15, 0.2) is 58.7 Å². The molecule has 0 saturated heterocycles. The Bertz CT molecular complexity index is 621. The van der Waals surface area contributed by atoms with Crippen LogP contribution in [0.1, 0.15) is 18.1 Å². The van der Waals surface area contributed by atoms with Crippen molar-refractivity contribution in [3.63, 3.8) is 0 Å². The Morgan fingerprint density at radius 2 is 1.55 bits per heavy atom. The van der Waals surface area contributed by atoms with Gasteiger partial charge in [0.05, 0.1) is 19.0 Å². The Morgan fingerprint density at radius 1 is 0.950 bits per heavy atom. The Balaban J connectivity index is 2.09. The van der Waals surface area contributed by atoms with E-state index in [2.05, 4.69) is 10.2 Å². The Kier molecular flexibility index (Phi) is 4.89. The van der Waals surface area contributed by atoms with Gasteiger partial charge >= 0.3 is 0 Å². The van der Waals surface area contributed by atoms with Gasteiger partial charge in [0.25, 0.3) is 0 Å². The van der Waals surface area contributed by atoms with Crippen LogP contribution in [0, 0.1) is 0 Å². The molecule has 0 unspecified atom stereocenters. The number of benzene rings is 2. The van der Waals surface area contributed by atoms with E-state index in [0.717, 1.165) is 11.3 Å². The van der Waals surface area contributed by atoms with Crippen molar-refractivity contribution in [2.45, 2.75) is 6.92 Å². The molecule has 0 aliphatic heterocycles. The first-order valence-electron chi connectivity index (χ1n) is 6.37. The molecule has 0 spiro atoms. The summed E-state index contributed by atoms with van der Waals surface area (Å²) in [6, 6.07) is 14.6. The zero-order chi connectivity index (χ0) is 14.2. The SMILES string of the molecule is CCOc1ccccc1C=NN=Cc1ccccc1O. The summed E-state index contributed by atoms with van der Waals surface area (Å²) in [7, 11) is 0. The topological polar surface area (TPSA) is 54.2 Å². The molecule has 1 N–H and O–H groups in total. The average Bonchev–Trinajstić information content (AvgIpc) is 2.47. The van der Waals surface area contributed by atoms with Crippen LogP contribution >= 0.6 is 0 Å². The first-order valence-corrected chi connectivity index (χ1v) is 6.37. The number of phenolic OH excluding ortho intramolecular Hbond substituents is 1. The van der Waals surface area contributed by atoms with Gasteiger partial charge in [0.15, 0.2) is 0 Å². The van der Waals surface area contributed by atoms with Crippen molar-refractivity contribution in [2.75, 3.05) is 6.61 Å². The second-order valence-corrected chi connectivity index (χ2v) is 4.02. The number of rotatable bonds is 5. The van der Waals surface area contributed by atoms with Gasteiger partial charge in [-0.3, -0.25) is 0 Å². The minimum absolute atomic E-state index is 0.182. The Morgan fingerprint density at radius 3 is 2.25 bits per heavy atom. The van der Waals surface area contributed by atoms with E-state index in [-0.39, 0.29) is 5.75 Å². The molecule has 0 aliphatic rings. The third-order valence-electron chi connectivity index (χ3n) is 2.62. The van der Waals surface area contributed by atoms with Crippen LogP contribution in [0.3, 0.4) is 0 Å². The minimum atomic E-state index is 0.182. The fourth-order valence-corrected chi connectivity index (χ4v) is 1.66. The third-order valence-corrected chi connectivity index (χ3v) is 2.62. The van der Waals surface area contributed by atoms with E-state index in [1.165, 1.54) is 6.21 Å². The lowest BCUT2D eigenvalue weighted by molar-refractivity contribution is 0.340. The molecule has 4 heteroatoms. The van der Waals surface area contributed by atoms with Crippen LogP contribution in [0.5, 0.6) is 11.5 Å². The quantitative estimate of drug-likeness (QED) is 0.668. The fourth-order valence-electron chi connectivity index (χ4n) is 1.66. The molecular weight excluding hydrogens is 252 g/mol. The monoisotopic (exact) mass is 268 g/mol. The molecule has 0 heterocycles. The fraction of sp³-hybridized carbons (Fsp3) is 0.125. The van der Waals surface area contributed by atoms with Crippen molar-refractivity contribution < 1.29 is 9.84 Å². The van der Waals surface area contributed by atoms with Gasteiger partial charge in [-0.15, -0.1) is 0 Å². The maximum absolute atomic E-state index is 9.58. The Hall–Kier alpha value is -2.62. The highest BCUT2D eigenvalue weighted by Gasteiger charge is 1.98. The van der Waals surface area contributed by atoms with Crippen molar-refractivity contribution >= 4 is 12.4 Å². The summed E-state index contributed by atoms with van der Waals surface area (Å²) in [5.41, 5.74) is 1.49. The largest absolute Gasteiger partial charge is 0.507 e. The van der Waals surface area contributed by atoms with E-state index >= 15 is 0 Å². The minimum Gasteiger partial charge on any atom is -0.507 e. The van der Waals surface area contributed by atoms with Crippen LogP contribution in [-0.2, 0) is 0 Å². The van der Waals surface area contributed by atoms with Gasteiger partial charge in [-0.05, 0) is 31.2 Å². The van der Waals surface area contributed by atoms with Crippen LogP contribution in [0.2, 0.25) is 0 Å². The summed E-state index contributed by atoms with van der Waals surface area (Å²) in [5, 5.41) is 17.5. The predicted molar refractivity (Wildman–Crippen MR) is 80.9 cm³/mol. The van der Waals surface area contributed by atoms with Crippen LogP contribution < -0.4 is 4.74 Å². The first-order chi connectivity index (χ1) is 9.81. The van der Waals surface area contributed by atoms with Gasteiger partial charge in [-0.1, -0.05) is 24.3 Å². The van der Waals surface area contributed by atoms with Crippen molar-refractivity contribution in [1.82, 2.24) is 0 Å². The van der Waals surface area contributed by atoms with Gasteiger partial charge in [0, 0.05) is 11.1 Å². The van der Waals surface area contributed by atoms with Gasteiger partial charge in [0.2, 0.25) is 0 Å². The molecule has 20 heavy (non-hydrogen) atoms. The van der Waals surface area contributed by atoms with Gasteiger partial charge in [-0.2, -0.15) is 10.2 Å². The molecule has 102 valence electrons. The second kappa shape index (κ2) is 7.09. The molecule has 0 atom stereocenters. The smallest absolute Gasteiger partial charge is 0.128 e. The zero-order valence-corrected chi connectivity index (χ0v) is 11.2. The molecule has 0 aromatic heterocycles. The van der Waals surface area contributed by atoms with E-state index in [1.807, 2.05) is 37.3 Å². The predicted octanol–water partition coefficient (Wildman–Crippen LogP) is 3.24. The van der Waals surface area contributed by atoms with E-state index in [9.17, 15) is 5.11 Å². The number of para-hydroxylation sites is 2. The number of aromatic hydroxyl groups is 1. The van der Waals surface area contributed by atoms with Crippen molar-refractivity contribution in [2.24, 2.45) is 10.2 Å². The molecule has 0 saturated carbocycles. The Labute approximate surface area is 118 Å². The van der Waals surface area contributed by atoms with Crippen LogP contribution in [0.25, 0.3) is 0 Å². The molecule has 0 radical (unpaired) electrons. The lowest BCUT2D eigenvalue weighted by Gasteiger charge is -2.04. The van der Waals surface area contributed by atoms with Crippen molar-refractivity contribution in [1.29, 1.82) is 0 Å². The number of ether oxygens (including phenoxy) is 1. The average molecular weight is 268 g/mol. The first kappa shape index (κ1) is 13.8. The van der Waals surface area contributed by atoms with E-state index < -0.39 is 0 Å². The summed E-state index contributed by atoms with van der Waals surface area (Å²) >= 11 is 0. The molecule has 0 bridgehead atoms. The van der Waals surface area contributed by atoms with Crippen molar-refractivity contribution in [3.8, 4) is 11.5 Å². The van der Waals surface area contributed by atoms with E-state index in [1.54, 1.807) is 24.4 Å². The highest BCUT2D eigenvalue weighted by atomic mass is 16.5. The standard InChI is InChI=1S/C16H16N2O2/c1-2-20-16-10-6-4-8-14(16)12-18-17-11-13-7-3-5-9-15(13)19/h3-12,19H,2H2,1H3. The maximum atomic E-state index is 9.58. The summed E-state index contributed by atoms with van der Waals surface area (Å²) < 4.78 is 5.49.